The van der Waals surface area contributed by atoms with E-state index in [2.05, 4.69) is 4.98 Å². The van der Waals surface area contributed by atoms with Gasteiger partial charge in [0.05, 0.1) is 12.1 Å². The summed E-state index contributed by atoms with van der Waals surface area (Å²) in [6, 6.07) is 9.32. The minimum Gasteiger partial charge on any atom is -0.481 e. The number of likely N-dealkylation sites (tertiary alicyclic amines) is 1. The van der Waals surface area contributed by atoms with Crippen LogP contribution in [-0.4, -0.2) is 46.1 Å². The topological polar surface area (TPSA) is 70.5 Å². The van der Waals surface area contributed by atoms with Gasteiger partial charge in [0.25, 0.3) is 0 Å². The van der Waals surface area contributed by atoms with E-state index in [1.165, 1.54) is 11.3 Å². The fraction of sp³-hybridized carbons (Fsp3) is 0.353. The Morgan fingerprint density at radius 2 is 1.96 bits per heavy atom. The first-order chi connectivity index (χ1) is 12.2. The van der Waals surface area contributed by atoms with Crippen LogP contribution in [0.4, 0.5) is 13.2 Å². The molecule has 1 aliphatic rings. The summed E-state index contributed by atoms with van der Waals surface area (Å²) in [5, 5.41) is 11.4. The molecular formula is C17H15F3N2O3S. The van der Waals surface area contributed by atoms with E-state index in [0.29, 0.717) is 10.7 Å². The lowest BCUT2D eigenvalue weighted by atomic mass is 9.86. The molecular weight excluding hydrogens is 369 g/mol. The van der Waals surface area contributed by atoms with Crippen LogP contribution < -0.4 is 0 Å². The molecule has 1 saturated heterocycles. The maximum atomic E-state index is 13.2. The molecule has 0 saturated carbocycles. The van der Waals surface area contributed by atoms with E-state index in [1.54, 1.807) is 5.38 Å². The van der Waals surface area contributed by atoms with Crippen LogP contribution in [0.15, 0.2) is 35.7 Å². The zero-order valence-corrected chi connectivity index (χ0v) is 14.3. The van der Waals surface area contributed by atoms with Crippen molar-refractivity contribution in [3.05, 3.63) is 41.4 Å². The molecule has 0 aliphatic carbocycles. The first-order valence-electron chi connectivity index (χ1n) is 7.81. The number of alkyl halides is 3. The molecule has 1 amide bonds. The Hall–Kier alpha value is -2.42. The normalized spacial score (nSPS) is 20.3. The van der Waals surface area contributed by atoms with E-state index in [0.717, 1.165) is 10.5 Å². The van der Waals surface area contributed by atoms with Gasteiger partial charge >= 0.3 is 12.1 Å². The molecule has 2 aromatic rings. The molecule has 138 valence electrons. The van der Waals surface area contributed by atoms with Gasteiger partial charge in [0.15, 0.2) is 5.41 Å². The Balaban J connectivity index is 1.70. The van der Waals surface area contributed by atoms with Gasteiger partial charge in [-0.15, -0.1) is 11.3 Å². The SMILES string of the molecule is O=C(Cc1csc(-c2ccccc2)n1)N1CCC(C(=O)O)(C(F)(F)F)C1. The summed E-state index contributed by atoms with van der Waals surface area (Å²) >= 11 is 1.34. The Morgan fingerprint density at radius 1 is 1.27 bits per heavy atom. The molecule has 0 spiro atoms. The average molecular weight is 384 g/mol. The third-order valence-corrected chi connectivity index (χ3v) is 5.42. The summed E-state index contributed by atoms with van der Waals surface area (Å²) in [4.78, 5) is 28.8. The van der Waals surface area contributed by atoms with Gasteiger partial charge in [-0.3, -0.25) is 9.59 Å². The van der Waals surface area contributed by atoms with E-state index < -0.39 is 36.4 Å². The van der Waals surface area contributed by atoms with Crippen LogP contribution in [0.1, 0.15) is 12.1 Å². The highest BCUT2D eigenvalue weighted by Gasteiger charge is 2.64. The quantitative estimate of drug-likeness (QED) is 0.879. The molecule has 9 heteroatoms. The third-order valence-electron chi connectivity index (χ3n) is 4.48. The maximum Gasteiger partial charge on any atom is 0.406 e. The molecule has 1 N–H and O–H groups in total. The number of hydrogen-bond donors (Lipinski definition) is 1. The number of carbonyl (C=O) groups excluding carboxylic acids is 1. The van der Waals surface area contributed by atoms with Crippen molar-refractivity contribution in [3.63, 3.8) is 0 Å². The Kier molecular flexibility index (Phi) is 4.74. The van der Waals surface area contributed by atoms with Crippen LogP contribution in [-0.2, 0) is 16.0 Å². The van der Waals surface area contributed by atoms with E-state index in [-0.39, 0.29) is 13.0 Å². The number of thiazole rings is 1. The molecule has 1 aliphatic heterocycles. The number of nitrogens with zero attached hydrogens (tertiary/aromatic N) is 2. The van der Waals surface area contributed by atoms with E-state index in [4.69, 9.17) is 5.11 Å². The second-order valence-electron chi connectivity index (χ2n) is 6.14. The van der Waals surface area contributed by atoms with Crippen LogP contribution in [0.5, 0.6) is 0 Å². The standard InChI is InChI=1S/C17H15F3N2O3S/c18-17(19,20)16(15(24)25)6-7-22(10-16)13(23)8-12-9-26-14(21-12)11-4-2-1-3-5-11/h1-5,9H,6-8,10H2,(H,24,25). The van der Waals surface area contributed by atoms with Gasteiger partial charge < -0.3 is 10.0 Å². The second kappa shape index (κ2) is 6.71. The van der Waals surface area contributed by atoms with Crippen molar-refractivity contribution in [2.75, 3.05) is 13.1 Å². The van der Waals surface area contributed by atoms with Crippen molar-refractivity contribution in [2.45, 2.75) is 19.0 Å². The van der Waals surface area contributed by atoms with Crippen molar-refractivity contribution >= 4 is 23.2 Å². The van der Waals surface area contributed by atoms with Gasteiger partial charge in [0.2, 0.25) is 5.91 Å². The fourth-order valence-electron chi connectivity index (χ4n) is 2.92. The lowest BCUT2D eigenvalue weighted by molar-refractivity contribution is -0.227. The predicted molar refractivity (Wildman–Crippen MR) is 88.6 cm³/mol. The number of carboxylic acids is 1. The predicted octanol–water partition coefficient (Wildman–Crippen LogP) is 3.22. The van der Waals surface area contributed by atoms with E-state index in [9.17, 15) is 22.8 Å². The highest BCUT2D eigenvalue weighted by atomic mass is 32.1. The minimum absolute atomic E-state index is 0.156. The molecule has 1 aromatic carbocycles. The number of carboxylic acid groups (broad SMARTS) is 1. The molecule has 1 unspecified atom stereocenters. The van der Waals surface area contributed by atoms with Gasteiger partial charge in [-0.05, 0) is 6.42 Å². The summed E-state index contributed by atoms with van der Waals surface area (Å²) < 4.78 is 39.6. The van der Waals surface area contributed by atoms with Crippen molar-refractivity contribution in [1.29, 1.82) is 0 Å². The van der Waals surface area contributed by atoms with Crippen LogP contribution in [0.25, 0.3) is 10.6 Å². The van der Waals surface area contributed by atoms with Crippen molar-refractivity contribution < 1.29 is 27.9 Å². The fourth-order valence-corrected chi connectivity index (χ4v) is 3.74. The number of hydrogen-bond acceptors (Lipinski definition) is 4. The number of amides is 1. The summed E-state index contributed by atoms with van der Waals surface area (Å²) in [6.07, 6.45) is -5.70. The Labute approximate surface area is 151 Å². The molecule has 1 atom stereocenters. The van der Waals surface area contributed by atoms with Gasteiger partial charge in [0, 0.05) is 24.0 Å². The number of aromatic nitrogens is 1. The monoisotopic (exact) mass is 384 g/mol. The molecule has 1 aromatic heterocycles. The number of aliphatic carboxylic acids is 1. The highest BCUT2D eigenvalue weighted by molar-refractivity contribution is 7.13. The number of carbonyl (C=O) groups is 2. The maximum absolute atomic E-state index is 13.2. The molecule has 0 bridgehead atoms. The van der Waals surface area contributed by atoms with E-state index in [1.807, 2.05) is 30.3 Å². The smallest absolute Gasteiger partial charge is 0.406 e. The first kappa shape index (κ1) is 18.4. The van der Waals surface area contributed by atoms with Gasteiger partial charge in [-0.1, -0.05) is 30.3 Å². The zero-order valence-electron chi connectivity index (χ0n) is 13.5. The second-order valence-corrected chi connectivity index (χ2v) is 7.00. The Morgan fingerprint density at radius 3 is 2.54 bits per heavy atom. The number of rotatable bonds is 4. The summed E-state index contributed by atoms with van der Waals surface area (Å²) in [6.45, 7) is -1.10. The first-order valence-corrected chi connectivity index (χ1v) is 8.69. The average Bonchev–Trinajstić information content (AvgIpc) is 3.23. The molecule has 26 heavy (non-hydrogen) atoms. The summed E-state index contributed by atoms with van der Waals surface area (Å²) in [5.41, 5.74) is -1.54. The van der Waals surface area contributed by atoms with Crippen molar-refractivity contribution in [1.82, 2.24) is 9.88 Å². The largest absolute Gasteiger partial charge is 0.481 e. The number of halogens is 3. The Bertz CT molecular complexity index is 822. The number of benzene rings is 1. The lowest BCUT2D eigenvalue weighted by Crippen LogP contribution is -2.47. The zero-order chi connectivity index (χ0) is 18.9. The summed E-state index contributed by atoms with van der Waals surface area (Å²) in [7, 11) is 0. The van der Waals surface area contributed by atoms with Gasteiger partial charge in [0.1, 0.15) is 5.01 Å². The molecule has 0 radical (unpaired) electrons. The van der Waals surface area contributed by atoms with Crippen LogP contribution in [0, 0.1) is 5.41 Å². The molecule has 5 nitrogen and oxygen atoms in total. The summed E-state index contributed by atoms with van der Waals surface area (Å²) in [5.74, 6) is -2.50. The third kappa shape index (κ3) is 3.31. The molecule has 1 fully saturated rings. The highest BCUT2D eigenvalue weighted by Crippen LogP contribution is 2.45. The van der Waals surface area contributed by atoms with Crippen molar-refractivity contribution in [3.8, 4) is 10.6 Å². The van der Waals surface area contributed by atoms with Crippen LogP contribution in [0.2, 0.25) is 0 Å². The van der Waals surface area contributed by atoms with Gasteiger partial charge in [-0.2, -0.15) is 13.2 Å². The van der Waals surface area contributed by atoms with Crippen molar-refractivity contribution in [2.24, 2.45) is 5.41 Å². The van der Waals surface area contributed by atoms with Crippen LogP contribution >= 0.6 is 11.3 Å². The van der Waals surface area contributed by atoms with E-state index >= 15 is 0 Å². The molecule has 2 heterocycles. The van der Waals surface area contributed by atoms with Gasteiger partial charge in [-0.25, -0.2) is 4.98 Å². The lowest BCUT2D eigenvalue weighted by Gasteiger charge is -2.27. The van der Waals surface area contributed by atoms with Crippen LogP contribution in [0.3, 0.4) is 0 Å². The molecule has 3 rings (SSSR count). The minimum atomic E-state index is -4.91.